The molecule has 0 saturated carbocycles. The minimum atomic E-state index is -0.859. The van der Waals surface area contributed by atoms with Crippen LogP contribution in [-0.4, -0.2) is 33.3 Å². The van der Waals surface area contributed by atoms with Crippen LogP contribution in [0.1, 0.15) is 24.1 Å². The lowest BCUT2D eigenvalue weighted by atomic mass is 9.97. The van der Waals surface area contributed by atoms with Gasteiger partial charge in [0, 0.05) is 36.4 Å². The molecule has 34 heavy (non-hydrogen) atoms. The molecule has 0 radical (unpaired) electrons. The maximum absolute atomic E-state index is 14.4. The van der Waals surface area contributed by atoms with Gasteiger partial charge in [-0.15, -0.1) is 0 Å². The largest absolute Gasteiger partial charge is 0.481 e. The molecule has 0 aliphatic heterocycles. The molecule has 0 saturated heterocycles. The highest BCUT2D eigenvalue weighted by atomic mass is 35.5. The molecule has 9 heteroatoms. The summed E-state index contributed by atoms with van der Waals surface area (Å²) in [5, 5.41) is 13.2. The second-order valence-electron chi connectivity index (χ2n) is 7.61. The summed E-state index contributed by atoms with van der Waals surface area (Å²) in [6.07, 6.45) is 2.53. The molecular formula is C25H21ClFN3O4. The third-order valence-electron chi connectivity index (χ3n) is 5.22. The molecule has 0 unspecified atom stereocenters. The van der Waals surface area contributed by atoms with Crippen molar-refractivity contribution in [2.24, 2.45) is 0 Å². The van der Waals surface area contributed by atoms with Crippen LogP contribution in [0, 0.1) is 5.82 Å². The molecule has 0 spiro atoms. The molecule has 4 rings (SSSR count). The van der Waals surface area contributed by atoms with Crippen molar-refractivity contribution < 1.29 is 23.6 Å². The number of nitrogens with zero attached hydrogens (tertiary/aromatic N) is 3. The summed E-state index contributed by atoms with van der Waals surface area (Å²) in [6, 6.07) is 13.7. The summed E-state index contributed by atoms with van der Waals surface area (Å²) in [6.45, 7) is 0.279. The predicted molar refractivity (Wildman–Crippen MR) is 125 cm³/mol. The normalized spacial score (nSPS) is 11.0. The predicted octanol–water partition coefficient (Wildman–Crippen LogP) is 5.81. The number of rotatable bonds is 9. The third kappa shape index (κ3) is 5.30. The Morgan fingerprint density at radius 3 is 2.71 bits per heavy atom. The summed E-state index contributed by atoms with van der Waals surface area (Å²) in [7, 11) is 1.57. The van der Waals surface area contributed by atoms with E-state index in [1.54, 1.807) is 49.7 Å². The van der Waals surface area contributed by atoms with Crippen LogP contribution < -0.4 is 0 Å². The molecule has 0 atom stereocenters. The Hall–Kier alpha value is -3.62. The van der Waals surface area contributed by atoms with Gasteiger partial charge >= 0.3 is 5.97 Å². The summed E-state index contributed by atoms with van der Waals surface area (Å²) in [5.74, 6) is -0.576. The average Bonchev–Trinajstić information content (AvgIpc) is 3.31. The fraction of sp³-hybridized carbons (Fsp3) is 0.200. The van der Waals surface area contributed by atoms with Crippen LogP contribution >= 0.6 is 11.6 Å². The van der Waals surface area contributed by atoms with Crippen molar-refractivity contribution in [1.29, 1.82) is 0 Å². The standard InChI is InChI=1S/C25H21ClFN3O4/c1-33-14-17-11-15(9-10-18(17)19-5-2-3-6-21(19)27)25-29-24(30-34-25)16-12-20(26)22(28-13-16)7-4-8-23(31)32/h2-3,5-6,9-13H,4,7-8,14H2,1H3,(H,31,32). The van der Waals surface area contributed by atoms with Gasteiger partial charge in [-0.3, -0.25) is 9.78 Å². The molecule has 174 valence electrons. The number of carboxylic acid groups (broad SMARTS) is 1. The van der Waals surface area contributed by atoms with Crippen LogP contribution in [0.15, 0.2) is 59.3 Å². The van der Waals surface area contributed by atoms with E-state index in [0.717, 1.165) is 11.1 Å². The lowest BCUT2D eigenvalue weighted by Gasteiger charge is -2.11. The maximum atomic E-state index is 14.4. The minimum Gasteiger partial charge on any atom is -0.481 e. The summed E-state index contributed by atoms with van der Waals surface area (Å²) in [5.41, 5.74) is 3.83. The van der Waals surface area contributed by atoms with Crippen LogP contribution in [0.5, 0.6) is 0 Å². The van der Waals surface area contributed by atoms with Crippen LogP contribution in [0.2, 0.25) is 5.02 Å². The van der Waals surface area contributed by atoms with Gasteiger partial charge in [-0.2, -0.15) is 4.98 Å². The van der Waals surface area contributed by atoms with E-state index in [-0.39, 0.29) is 24.7 Å². The number of ether oxygens (including phenoxy) is 1. The van der Waals surface area contributed by atoms with Crippen LogP contribution in [0.4, 0.5) is 4.39 Å². The van der Waals surface area contributed by atoms with Gasteiger partial charge in [-0.05, 0) is 48.2 Å². The second-order valence-corrected chi connectivity index (χ2v) is 8.01. The van der Waals surface area contributed by atoms with Crippen molar-refractivity contribution in [2.45, 2.75) is 25.9 Å². The topological polar surface area (TPSA) is 98.3 Å². The summed E-state index contributed by atoms with van der Waals surface area (Å²) >= 11 is 6.32. The Kier molecular flexibility index (Phi) is 7.30. The van der Waals surface area contributed by atoms with E-state index >= 15 is 0 Å². The van der Waals surface area contributed by atoms with Gasteiger partial charge in [0.25, 0.3) is 5.89 Å². The number of carboxylic acids is 1. The van der Waals surface area contributed by atoms with Gasteiger partial charge < -0.3 is 14.4 Å². The lowest BCUT2D eigenvalue weighted by molar-refractivity contribution is -0.137. The van der Waals surface area contributed by atoms with E-state index in [0.29, 0.717) is 46.1 Å². The first-order chi connectivity index (χ1) is 16.5. The lowest BCUT2D eigenvalue weighted by Crippen LogP contribution is -1.98. The minimum absolute atomic E-state index is 0.0503. The number of carbonyl (C=O) groups is 1. The molecule has 2 heterocycles. The molecule has 2 aromatic heterocycles. The van der Waals surface area contributed by atoms with Gasteiger partial charge in [0.05, 0.1) is 17.3 Å². The monoisotopic (exact) mass is 481 g/mol. The number of hydrogen-bond acceptors (Lipinski definition) is 6. The van der Waals surface area contributed by atoms with Crippen LogP contribution in [0.3, 0.4) is 0 Å². The fourth-order valence-electron chi connectivity index (χ4n) is 3.58. The van der Waals surface area contributed by atoms with Crippen molar-refractivity contribution in [3.63, 3.8) is 0 Å². The fourth-order valence-corrected chi connectivity index (χ4v) is 3.84. The Labute approximate surface area is 200 Å². The summed E-state index contributed by atoms with van der Waals surface area (Å²) in [4.78, 5) is 19.5. The SMILES string of the molecule is COCc1cc(-c2nc(-c3cnc(CCCC(=O)O)c(Cl)c3)no2)ccc1-c1ccccc1F. The molecule has 4 aromatic rings. The van der Waals surface area contributed by atoms with Gasteiger partial charge in [-0.25, -0.2) is 4.39 Å². The Bertz CT molecular complexity index is 1330. The van der Waals surface area contributed by atoms with E-state index < -0.39 is 5.97 Å². The van der Waals surface area contributed by atoms with Crippen LogP contribution in [-0.2, 0) is 22.6 Å². The number of halogens is 2. The van der Waals surface area contributed by atoms with Crippen molar-refractivity contribution in [3.05, 3.63) is 76.8 Å². The highest BCUT2D eigenvalue weighted by molar-refractivity contribution is 6.31. The van der Waals surface area contributed by atoms with Gasteiger partial charge in [0.1, 0.15) is 5.82 Å². The maximum Gasteiger partial charge on any atom is 0.303 e. The molecule has 0 aliphatic rings. The first kappa shape index (κ1) is 23.5. The molecule has 7 nitrogen and oxygen atoms in total. The van der Waals surface area contributed by atoms with Crippen molar-refractivity contribution in [1.82, 2.24) is 15.1 Å². The second kappa shape index (κ2) is 10.5. The molecular weight excluding hydrogens is 461 g/mol. The smallest absolute Gasteiger partial charge is 0.303 e. The zero-order valence-corrected chi connectivity index (χ0v) is 19.1. The number of pyridine rings is 1. The Morgan fingerprint density at radius 2 is 1.97 bits per heavy atom. The quantitative estimate of drug-likeness (QED) is 0.322. The number of benzene rings is 2. The van der Waals surface area contributed by atoms with E-state index in [9.17, 15) is 9.18 Å². The Balaban J connectivity index is 1.59. The highest BCUT2D eigenvalue weighted by Crippen LogP contribution is 2.31. The van der Waals surface area contributed by atoms with E-state index in [1.165, 1.54) is 6.07 Å². The van der Waals surface area contributed by atoms with Gasteiger partial charge in [-0.1, -0.05) is 41.0 Å². The first-order valence-electron chi connectivity index (χ1n) is 10.5. The average molecular weight is 482 g/mol. The Morgan fingerprint density at radius 1 is 1.15 bits per heavy atom. The molecule has 0 fully saturated rings. The van der Waals surface area contributed by atoms with Crippen molar-refractivity contribution in [2.75, 3.05) is 7.11 Å². The zero-order valence-electron chi connectivity index (χ0n) is 18.3. The van der Waals surface area contributed by atoms with Crippen molar-refractivity contribution >= 4 is 17.6 Å². The number of hydrogen-bond donors (Lipinski definition) is 1. The third-order valence-corrected chi connectivity index (χ3v) is 5.55. The van der Waals surface area contributed by atoms with Crippen molar-refractivity contribution in [3.8, 4) is 34.0 Å². The molecule has 2 aromatic carbocycles. The van der Waals surface area contributed by atoms with E-state index in [4.69, 9.17) is 26.0 Å². The van der Waals surface area contributed by atoms with E-state index in [2.05, 4.69) is 15.1 Å². The van der Waals surface area contributed by atoms with Crippen LogP contribution in [0.25, 0.3) is 34.0 Å². The zero-order chi connectivity index (χ0) is 24.1. The summed E-state index contributed by atoms with van der Waals surface area (Å²) < 4.78 is 25.1. The van der Waals surface area contributed by atoms with Gasteiger partial charge in [0.2, 0.25) is 5.82 Å². The highest BCUT2D eigenvalue weighted by Gasteiger charge is 2.16. The van der Waals surface area contributed by atoms with E-state index in [1.807, 2.05) is 6.07 Å². The van der Waals surface area contributed by atoms with Gasteiger partial charge in [0.15, 0.2) is 0 Å². The molecule has 0 bridgehead atoms. The molecule has 0 aliphatic carbocycles. The number of aliphatic carboxylic acids is 1. The molecule has 1 N–H and O–H groups in total. The number of aryl methyl sites for hydroxylation is 1. The molecule has 0 amide bonds. The number of aromatic nitrogens is 3. The first-order valence-corrected chi connectivity index (χ1v) is 10.9. The number of methoxy groups -OCH3 is 1.